The van der Waals surface area contributed by atoms with Gasteiger partial charge in [0, 0.05) is 23.7 Å². The monoisotopic (exact) mass is 306 g/mol. The minimum Gasteiger partial charge on any atom is -0.296 e. The van der Waals surface area contributed by atoms with Gasteiger partial charge in [-0.2, -0.15) is 0 Å². The maximum absolute atomic E-state index is 11.1. The predicted octanol–water partition coefficient (Wildman–Crippen LogP) is 0.898. The topological polar surface area (TPSA) is 92.3 Å². The van der Waals surface area contributed by atoms with Crippen molar-refractivity contribution in [3.05, 3.63) is 0 Å². The first kappa shape index (κ1) is 15.2. The second-order valence-corrected chi connectivity index (χ2v) is 6.83. The summed E-state index contributed by atoms with van der Waals surface area (Å²) in [6, 6.07) is 0. The molecule has 0 spiro atoms. The number of hydrogen-bond donors (Lipinski definition) is 2. The van der Waals surface area contributed by atoms with Gasteiger partial charge in [-0.1, -0.05) is 12.8 Å². The van der Waals surface area contributed by atoms with E-state index in [0.717, 1.165) is 51.4 Å². The highest BCUT2D eigenvalue weighted by atomic mass is 16.2. The van der Waals surface area contributed by atoms with Gasteiger partial charge in [-0.05, 0) is 38.5 Å². The molecule has 2 aliphatic carbocycles. The van der Waals surface area contributed by atoms with Gasteiger partial charge in [0.25, 0.3) is 0 Å². The van der Waals surface area contributed by atoms with E-state index >= 15 is 0 Å². The Morgan fingerprint density at radius 3 is 1.09 bits per heavy atom. The number of piperidine rings is 2. The van der Waals surface area contributed by atoms with Crippen molar-refractivity contribution in [1.29, 1.82) is 0 Å². The van der Waals surface area contributed by atoms with E-state index in [1.54, 1.807) is 0 Å². The lowest BCUT2D eigenvalue weighted by atomic mass is 9.78. The molecule has 0 aromatic rings. The second-order valence-electron chi connectivity index (χ2n) is 6.83. The number of rotatable bonds is 0. The molecule has 0 radical (unpaired) electrons. The minimum absolute atomic E-state index is 0.0500. The number of carbonyl (C=O) groups is 4. The fourth-order valence-electron chi connectivity index (χ4n) is 3.98. The lowest BCUT2D eigenvalue weighted by molar-refractivity contribution is -0.143. The Bertz CT molecular complexity index is 430. The molecule has 6 nitrogen and oxygen atoms in total. The van der Waals surface area contributed by atoms with Crippen LogP contribution >= 0.6 is 0 Å². The van der Waals surface area contributed by atoms with Gasteiger partial charge in [0.05, 0.1) is 0 Å². The van der Waals surface area contributed by atoms with Crippen molar-refractivity contribution in [2.45, 2.75) is 51.4 Å². The number of nitrogens with one attached hydrogen (secondary N) is 2. The third-order valence-electron chi connectivity index (χ3n) is 5.32. The van der Waals surface area contributed by atoms with Crippen LogP contribution in [-0.4, -0.2) is 23.6 Å². The standard InChI is InChI=1S/2C8H11NO2/c2*10-7-5-2-1-3-6(4-5)8(11)9-7/h2*5-6H,1-4H2,(H,9,10,11)/t2*5-,6+. The van der Waals surface area contributed by atoms with Crippen molar-refractivity contribution in [1.82, 2.24) is 10.6 Å². The molecular weight excluding hydrogens is 284 g/mol. The molecule has 0 aromatic carbocycles. The van der Waals surface area contributed by atoms with Crippen LogP contribution in [0.3, 0.4) is 0 Å². The Hall–Kier alpha value is -1.72. The lowest BCUT2D eigenvalue weighted by Gasteiger charge is -2.32. The summed E-state index contributed by atoms with van der Waals surface area (Å²) >= 11 is 0. The molecule has 4 rings (SSSR count). The summed E-state index contributed by atoms with van der Waals surface area (Å²) in [4.78, 5) is 44.3. The molecule has 2 aliphatic heterocycles. The summed E-state index contributed by atoms with van der Waals surface area (Å²) in [5.41, 5.74) is 0. The molecule has 4 bridgehead atoms. The first-order valence-electron chi connectivity index (χ1n) is 8.24. The minimum atomic E-state index is -0.0500. The second kappa shape index (κ2) is 6.18. The molecule has 2 saturated carbocycles. The van der Waals surface area contributed by atoms with Crippen LogP contribution in [0.1, 0.15) is 51.4 Å². The largest absolute Gasteiger partial charge is 0.296 e. The van der Waals surface area contributed by atoms with E-state index in [1.165, 1.54) is 0 Å². The maximum atomic E-state index is 11.1. The number of amides is 4. The molecule has 4 atom stereocenters. The Balaban J connectivity index is 0.000000131. The zero-order valence-corrected chi connectivity index (χ0v) is 12.6. The van der Waals surface area contributed by atoms with Crippen LogP contribution < -0.4 is 10.6 Å². The average molecular weight is 306 g/mol. The van der Waals surface area contributed by atoms with E-state index < -0.39 is 0 Å². The van der Waals surface area contributed by atoms with Crippen molar-refractivity contribution in [3.8, 4) is 0 Å². The zero-order chi connectivity index (χ0) is 15.7. The molecule has 4 aliphatic rings. The molecule has 6 heteroatoms. The van der Waals surface area contributed by atoms with Gasteiger partial charge in [-0.3, -0.25) is 29.8 Å². The first-order valence-corrected chi connectivity index (χ1v) is 8.24. The Labute approximate surface area is 129 Å². The van der Waals surface area contributed by atoms with Crippen LogP contribution in [-0.2, 0) is 19.2 Å². The number of carbonyl (C=O) groups excluding carboxylic acids is 4. The lowest BCUT2D eigenvalue weighted by Crippen LogP contribution is -2.48. The summed E-state index contributed by atoms with van der Waals surface area (Å²) in [7, 11) is 0. The van der Waals surface area contributed by atoms with Crippen molar-refractivity contribution in [3.63, 3.8) is 0 Å². The fraction of sp³-hybridized carbons (Fsp3) is 0.750. The summed E-state index contributed by atoms with van der Waals surface area (Å²) < 4.78 is 0. The zero-order valence-electron chi connectivity index (χ0n) is 12.6. The molecule has 4 fully saturated rings. The van der Waals surface area contributed by atoms with Crippen LogP contribution in [0.15, 0.2) is 0 Å². The van der Waals surface area contributed by atoms with Gasteiger partial charge in [-0.25, -0.2) is 0 Å². The molecule has 22 heavy (non-hydrogen) atoms. The summed E-state index contributed by atoms with van der Waals surface area (Å²) in [5, 5.41) is 4.81. The van der Waals surface area contributed by atoms with Crippen LogP contribution in [0.5, 0.6) is 0 Å². The van der Waals surface area contributed by atoms with Crippen LogP contribution in [0.25, 0.3) is 0 Å². The van der Waals surface area contributed by atoms with Crippen LogP contribution in [0, 0.1) is 23.7 Å². The highest BCUT2D eigenvalue weighted by Crippen LogP contribution is 2.32. The quantitative estimate of drug-likeness (QED) is 0.650. The predicted molar refractivity (Wildman–Crippen MR) is 77.2 cm³/mol. The SMILES string of the molecule is O=C1NC(=O)[C@H]2CCC[C@@H]1C2.O=C1NC(=O)[C@H]2CCC[C@@H]1C2. The number of fused-ring (bicyclic) bond motifs is 4. The van der Waals surface area contributed by atoms with Crippen LogP contribution in [0.2, 0.25) is 0 Å². The van der Waals surface area contributed by atoms with Gasteiger partial charge < -0.3 is 0 Å². The van der Waals surface area contributed by atoms with E-state index in [1.807, 2.05) is 0 Å². The molecule has 0 aromatic heterocycles. The van der Waals surface area contributed by atoms with Crippen molar-refractivity contribution in [2.75, 3.05) is 0 Å². The molecule has 120 valence electrons. The Kier molecular flexibility index (Phi) is 4.27. The van der Waals surface area contributed by atoms with E-state index in [2.05, 4.69) is 10.6 Å². The van der Waals surface area contributed by atoms with Crippen molar-refractivity contribution < 1.29 is 19.2 Å². The average Bonchev–Trinajstić information content (AvgIpc) is 2.53. The Morgan fingerprint density at radius 2 is 0.818 bits per heavy atom. The molecule has 2 N–H and O–H groups in total. The first-order chi connectivity index (χ1) is 10.5. The third-order valence-corrected chi connectivity index (χ3v) is 5.32. The molecule has 0 unspecified atom stereocenters. The number of imide groups is 2. The normalized spacial score (nSPS) is 36.7. The van der Waals surface area contributed by atoms with Gasteiger partial charge in [-0.15, -0.1) is 0 Å². The van der Waals surface area contributed by atoms with Gasteiger partial charge in [0.1, 0.15) is 0 Å². The molecule has 2 saturated heterocycles. The molecular formula is C16H22N2O4. The van der Waals surface area contributed by atoms with Gasteiger partial charge >= 0.3 is 0 Å². The van der Waals surface area contributed by atoms with E-state index in [-0.39, 0.29) is 47.3 Å². The third kappa shape index (κ3) is 3.05. The molecule has 2 heterocycles. The Morgan fingerprint density at radius 1 is 0.545 bits per heavy atom. The summed E-state index contributed by atoms with van der Waals surface area (Å²) in [6.07, 6.45) is 7.54. The molecule has 4 amide bonds. The van der Waals surface area contributed by atoms with E-state index in [4.69, 9.17) is 0 Å². The van der Waals surface area contributed by atoms with Gasteiger partial charge in [0.2, 0.25) is 23.6 Å². The van der Waals surface area contributed by atoms with Gasteiger partial charge in [0.15, 0.2) is 0 Å². The van der Waals surface area contributed by atoms with E-state index in [0.29, 0.717) is 0 Å². The van der Waals surface area contributed by atoms with Crippen molar-refractivity contribution in [2.24, 2.45) is 23.7 Å². The summed E-state index contributed by atoms with van der Waals surface area (Å²) in [5.74, 6) is 0.324. The highest BCUT2D eigenvalue weighted by molar-refractivity contribution is 6.00. The number of hydrogen-bond acceptors (Lipinski definition) is 4. The summed E-state index contributed by atoms with van der Waals surface area (Å²) in [6.45, 7) is 0. The fourth-order valence-corrected chi connectivity index (χ4v) is 3.98. The van der Waals surface area contributed by atoms with Crippen molar-refractivity contribution >= 4 is 23.6 Å². The maximum Gasteiger partial charge on any atom is 0.229 e. The smallest absolute Gasteiger partial charge is 0.229 e. The van der Waals surface area contributed by atoms with Crippen LogP contribution in [0.4, 0.5) is 0 Å². The van der Waals surface area contributed by atoms with E-state index in [9.17, 15) is 19.2 Å². The highest BCUT2D eigenvalue weighted by Gasteiger charge is 2.37.